The minimum Gasteiger partial charge on any atom is -0.395 e. The number of nitrogens with one attached hydrogen (secondary N) is 1. The molecule has 1 saturated heterocycles. The van der Waals surface area contributed by atoms with Gasteiger partial charge in [0.2, 0.25) is 10.0 Å². The molecule has 1 aliphatic rings. The molecule has 1 aromatic rings. The maximum atomic E-state index is 11.9. The minimum atomic E-state index is -3.45. The third kappa shape index (κ3) is 4.76. The molecule has 6 nitrogen and oxygen atoms in total. The van der Waals surface area contributed by atoms with Gasteiger partial charge < -0.3 is 9.84 Å². The lowest BCUT2D eigenvalue weighted by molar-refractivity contribution is 0.127. The van der Waals surface area contributed by atoms with Crippen molar-refractivity contribution in [2.45, 2.75) is 25.4 Å². The molecule has 0 radical (unpaired) electrons. The Kier molecular flexibility index (Phi) is 5.37. The van der Waals surface area contributed by atoms with Gasteiger partial charge in [-0.25, -0.2) is 13.4 Å². The summed E-state index contributed by atoms with van der Waals surface area (Å²) in [6.07, 6.45) is 3.35. The molecule has 0 spiro atoms. The molecule has 1 aromatic heterocycles. The first kappa shape index (κ1) is 15.3. The van der Waals surface area contributed by atoms with Crippen molar-refractivity contribution in [1.82, 2.24) is 4.98 Å². The lowest BCUT2D eigenvalue weighted by Gasteiger charge is -2.10. The number of rotatable bonds is 5. The van der Waals surface area contributed by atoms with Gasteiger partial charge in [-0.15, -0.1) is 0 Å². The van der Waals surface area contributed by atoms with Crippen LogP contribution in [0.2, 0.25) is 0 Å². The fourth-order valence-electron chi connectivity index (χ4n) is 1.78. The van der Waals surface area contributed by atoms with Gasteiger partial charge >= 0.3 is 0 Å². The van der Waals surface area contributed by atoms with E-state index in [0.717, 1.165) is 12.8 Å². The van der Waals surface area contributed by atoms with E-state index in [2.05, 4.69) is 21.5 Å². The van der Waals surface area contributed by atoms with Crippen LogP contribution < -0.4 is 4.72 Å². The van der Waals surface area contributed by atoms with Gasteiger partial charge in [0.1, 0.15) is 0 Å². The van der Waals surface area contributed by atoms with Crippen molar-refractivity contribution in [3.8, 4) is 11.8 Å². The van der Waals surface area contributed by atoms with Gasteiger partial charge in [-0.05, 0) is 12.8 Å². The van der Waals surface area contributed by atoms with Crippen LogP contribution in [0, 0.1) is 11.8 Å². The number of hydrogen-bond acceptors (Lipinski definition) is 6. The standard InChI is InChI=1S/C12H16N2O4S2/c15-6-2-1-5-11-8-13-12(19-11)14-20(16,17)9-10-4-3-7-18-10/h8,10,15H,2-4,6-7,9H2,(H,13,14). The number of thiazole rings is 1. The van der Waals surface area contributed by atoms with Crippen molar-refractivity contribution in [2.24, 2.45) is 0 Å². The summed E-state index contributed by atoms with van der Waals surface area (Å²) in [5, 5.41) is 8.92. The Balaban J connectivity index is 1.93. The van der Waals surface area contributed by atoms with Crippen LogP contribution in [0.1, 0.15) is 24.1 Å². The van der Waals surface area contributed by atoms with Crippen LogP contribution in [0.5, 0.6) is 0 Å². The van der Waals surface area contributed by atoms with Gasteiger partial charge in [-0.1, -0.05) is 23.2 Å². The van der Waals surface area contributed by atoms with E-state index < -0.39 is 10.0 Å². The monoisotopic (exact) mass is 316 g/mol. The number of aromatic nitrogens is 1. The average molecular weight is 316 g/mol. The zero-order valence-corrected chi connectivity index (χ0v) is 12.5. The Hall–Kier alpha value is -1.14. The highest BCUT2D eigenvalue weighted by Crippen LogP contribution is 2.20. The first-order valence-electron chi connectivity index (χ1n) is 6.27. The summed E-state index contributed by atoms with van der Waals surface area (Å²) in [5.74, 6) is 5.53. The Morgan fingerprint density at radius 1 is 1.60 bits per heavy atom. The summed E-state index contributed by atoms with van der Waals surface area (Å²) in [5.41, 5.74) is 0. The summed E-state index contributed by atoms with van der Waals surface area (Å²) < 4.78 is 31.6. The van der Waals surface area contributed by atoms with Crippen molar-refractivity contribution in [2.75, 3.05) is 23.7 Å². The molecule has 1 unspecified atom stereocenters. The summed E-state index contributed by atoms with van der Waals surface area (Å²) in [6, 6.07) is 0. The number of aliphatic hydroxyl groups excluding tert-OH is 1. The summed E-state index contributed by atoms with van der Waals surface area (Å²) in [6.45, 7) is 0.634. The molecule has 0 aromatic carbocycles. The van der Waals surface area contributed by atoms with E-state index in [1.54, 1.807) is 0 Å². The second kappa shape index (κ2) is 7.04. The van der Waals surface area contributed by atoms with E-state index >= 15 is 0 Å². The van der Waals surface area contributed by atoms with E-state index in [4.69, 9.17) is 9.84 Å². The molecule has 1 aliphatic heterocycles. The first-order valence-corrected chi connectivity index (χ1v) is 8.73. The number of sulfonamides is 1. The third-order valence-electron chi connectivity index (χ3n) is 2.63. The predicted molar refractivity (Wildman–Crippen MR) is 77.1 cm³/mol. The average Bonchev–Trinajstić information content (AvgIpc) is 3.01. The number of aliphatic hydroxyl groups is 1. The fraction of sp³-hybridized carbons (Fsp3) is 0.583. The lowest BCUT2D eigenvalue weighted by Crippen LogP contribution is -2.25. The van der Waals surface area contributed by atoms with Crippen LogP contribution in [0.4, 0.5) is 5.13 Å². The Bertz CT molecular complexity index is 594. The zero-order chi connectivity index (χ0) is 14.4. The van der Waals surface area contributed by atoms with Crippen LogP contribution in [0.15, 0.2) is 6.20 Å². The molecule has 110 valence electrons. The van der Waals surface area contributed by atoms with Crippen molar-refractivity contribution in [3.05, 3.63) is 11.1 Å². The van der Waals surface area contributed by atoms with E-state index in [-0.39, 0.29) is 18.5 Å². The molecule has 1 atom stereocenters. The predicted octanol–water partition coefficient (Wildman–Crippen LogP) is 0.798. The number of anilines is 1. The van der Waals surface area contributed by atoms with Crippen molar-refractivity contribution in [1.29, 1.82) is 0 Å². The Morgan fingerprint density at radius 2 is 2.45 bits per heavy atom. The molecule has 0 saturated carbocycles. The van der Waals surface area contributed by atoms with Crippen molar-refractivity contribution < 1.29 is 18.3 Å². The molecule has 2 N–H and O–H groups in total. The highest BCUT2D eigenvalue weighted by atomic mass is 32.2. The van der Waals surface area contributed by atoms with Crippen LogP contribution >= 0.6 is 11.3 Å². The van der Waals surface area contributed by atoms with Crippen LogP contribution in [-0.2, 0) is 14.8 Å². The van der Waals surface area contributed by atoms with E-state index in [1.165, 1.54) is 17.5 Å². The summed E-state index contributed by atoms with van der Waals surface area (Å²) in [4.78, 5) is 4.64. The SMILES string of the molecule is O=S(=O)(CC1CCCO1)Nc1ncc(C#CCCO)s1. The molecule has 20 heavy (non-hydrogen) atoms. The highest BCUT2D eigenvalue weighted by molar-refractivity contribution is 7.92. The number of hydrogen-bond donors (Lipinski definition) is 2. The molecule has 2 rings (SSSR count). The van der Waals surface area contributed by atoms with E-state index in [1.807, 2.05) is 0 Å². The van der Waals surface area contributed by atoms with Gasteiger partial charge in [-0.3, -0.25) is 4.72 Å². The zero-order valence-electron chi connectivity index (χ0n) is 10.8. The Morgan fingerprint density at radius 3 is 3.15 bits per heavy atom. The van der Waals surface area contributed by atoms with Gasteiger partial charge in [0, 0.05) is 13.0 Å². The Labute approximate surface area is 122 Å². The van der Waals surface area contributed by atoms with E-state index in [9.17, 15) is 8.42 Å². The molecule has 0 aliphatic carbocycles. The number of ether oxygens (including phenoxy) is 1. The second-order valence-electron chi connectivity index (χ2n) is 4.32. The lowest BCUT2D eigenvalue weighted by atomic mass is 10.3. The molecular formula is C12H16N2O4S2. The molecule has 2 heterocycles. The third-order valence-corrected chi connectivity index (χ3v) is 4.90. The first-order chi connectivity index (χ1) is 9.59. The smallest absolute Gasteiger partial charge is 0.237 e. The molecule has 1 fully saturated rings. The quantitative estimate of drug-likeness (QED) is 0.784. The molecule has 0 bridgehead atoms. The summed E-state index contributed by atoms with van der Waals surface area (Å²) >= 11 is 1.17. The normalized spacial score (nSPS) is 18.6. The highest BCUT2D eigenvalue weighted by Gasteiger charge is 2.23. The minimum absolute atomic E-state index is 0.00663. The van der Waals surface area contributed by atoms with Crippen LogP contribution in [0.3, 0.4) is 0 Å². The number of nitrogens with zero attached hydrogens (tertiary/aromatic N) is 1. The molecule has 0 amide bonds. The molecular weight excluding hydrogens is 300 g/mol. The van der Waals surface area contributed by atoms with Gasteiger partial charge in [-0.2, -0.15) is 0 Å². The maximum Gasteiger partial charge on any atom is 0.237 e. The largest absolute Gasteiger partial charge is 0.395 e. The topological polar surface area (TPSA) is 88.5 Å². The van der Waals surface area contributed by atoms with Crippen molar-refractivity contribution >= 4 is 26.5 Å². The van der Waals surface area contributed by atoms with Crippen LogP contribution in [-0.4, -0.2) is 43.6 Å². The van der Waals surface area contributed by atoms with Gasteiger partial charge in [0.25, 0.3) is 0 Å². The van der Waals surface area contributed by atoms with E-state index in [0.29, 0.717) is 23.0 Å². The summed E-state index contributed by atoms with van der Waals surface area (Å²) in [7, 11) is -3.45. The maximum absolute atomic E-state index is 11.9. The van der Waals surface area contributed by atoms with Gasteiger partial charge in [0.05, 0.1) is 29.5 Å². The fourth-order valence-corrected chi connectivity index (χ4v) is 4.02. The molecule has 8 heteroatoms. The second-order valence-corrected chi connectivity index (χ2v) is 7.12. The van der Waals surface area contributed by atoms with Gasteiger partial charge in [0.15, 0.2) is 5.13 Å². The van der Waals surface area contributed by atoms with Crippen molar-refractivity contribution in [3.63, 3.8) is 0 Å². The van der Waals surface area contributed by atoms with Crippen LogP contribution in [0.25, 0.3) is 0 Å².